The molecule has 1 aromatic heterocycles. The van der Waals surface area contributed by atoms with Gasteiger partial charge in [-0.2, -0.15) is 0 Å². The number of carboxylic acid groups (broad SMARTS) is 1. The molecule has 0 radical (unpaired) electrons. The molecule has 2 aliphatic heterocycles. The van der Waals surface area contributed by atoms with Gasteiger partial charge in [-0.3, -0.25) is 0 Å². The van der Waals surface area contributed by atoms with E-state index in [9.17, 15) is 9.90 Å². The second-order valence-corrected chi connectivity index (χ2v) is 11.1. The van der Waals surface area contributed by atoms with Crippen molar-refractivity contribution in [2.45, 2.75) is 65.7 Å². The fraction of sp³-hybridized carbons (Fsp3) is 0.444. The molecule has 34 heavy (non-hydrogen) atoms. The van der Waals surface area contributed by atoms with Gasteiger partial charge in [0.15, 0.2) is 6.10 Å². The van der Waals surface area contributed by atoms with Crippen molar-refractivity contribution in [2.75, 3.05) is 17.1 Å². The number of hydrogen-bond donors (Lipinski definition) is 2. The van der Waals surface area contributed by atoms with E-state index < -0.39 is 17.7 Å². The molecule has 1 atom stereocenters. The van der Waals surface area contributed by atoms with Crippen LogP contribution in [0.25, 0.3) is 22.0 Å². The van der Waals surface area contributed by atoms with Crippen molar-refractivity contribution < 1.29 is 19.4 Å². The van der Waals surface area contributed by atoms with Crippen LogP contribution in [-0.2, 0) is 22.5 Å². The van der Waals surface area contributed by atoms with E-state index in [4.69, 9.17) is 9.47 Å². The molecule has 0 saturated heterocycles. The summed E-state index contributed by atoms with van der Waals surface area (Å²) in [6, 6.07) is 6.28. The van der Waals surface area contributed by atoms with Gasteiger partial charge in [0.05, 0.1) is 23.4 Å². The lowest BCUT2D eigenvalue weighted by Crippen LogP contribution is -2.28. The summed E-state index contributed by atoms with van der Waals surface area (Å²) in [5, 5.41) is 11.5. The number of aryl methyl sites for hydroxylation is 3. The number of nitrogens with zero attached hydrogens (tertiary/aromatic N) is 1. The first-order valence-electron chi connectivity index (χ1n) is 11.9. The fourth-order valence-corrected chi connectivity index (χ4v) is 5.99. The SMILES string of the molecule is Cc1c(C(OC(C)(C)C)C(=O)O)c(-c2ccc3c(c2)CCCO3)c2c(C)cn3c2c1NSCC3. The zero-order valence-corrected chi connectivity index (χ0v) is 21.3. The maximum absolute atomic E-state index is 12.7. The zero-order chi connectivity index (χ0) is 24.2. The van der Waals surface area contributed by atoms with Gasteiger partial charge in [0.25, 0.3) is 0 Å². The van der Waals surface area contributed by atoms with Crippen molar-refractivity contribution >= 4 is 34.5 Å². The Bertz CT molecular complexity index is 1290. The van der Waals surface area contributed by atoms with Crippen LogP contribution in [0.5, 0.6) is 5.75 Å². The summed E-state index contributed by atoms with van der Waals surface area (Å²) in [5.74, 6) is 0.872. The molecule has 0 aliphatic carbocycles. The number of aromatic nitrogens is 1. The van der Waals surface area contributed by atoms with Gasteiger partial charge in [-0.25, -0.2) is 4.79 Å². The molecule has 0 bridgehead atoms. The largest absolute Gasteiger partial charge is 0.493 e. The third-order valence-corrected chi connectivity index (χ3v) is 7.30. The van der Waals surface area contributed by atoms with Crippen LogP contribution in [0.1, 0.15) is 55.5 Å². The van der Waals surface area contributed by atoms with E-state index in [-0.39, 0.29) is 0 Å². The normalized spacial score (nSPS) is 16.4. The number of anilines is 1. The minimum Gasteiger partial charge on any atom is -0.493 e. The Balaban J connectivity index is 1.88. The predicted octanol–water partition coefficient (Wildman–Crippen LogP) is 6.26. The first-order valence-corrected chi connectivity index (χ1v) is 12.8. The lowest BCUT2D eigenvalue weighted by molar-refractivity contribution is -0.160. The maximum Gasteiger partial charge on any atom is 0.337 e. The van der Waals surface area contributed by atoms with Gasteiger partial charge >= 0.3 is 5.97 Å². The first kappa shape index (κ1) is 23.1. The molecule has 5 rings (SSSR count). The summed E-state index contributed by atoms with van der Waals surface area (Å²) in [4.78, 5) is 12.7. The van der Waals surface area contributed by atoms with Crippen molar-refractivity contribution in [3.63, 3.8) is 0 Å². The highest BCUT2D eigenvalue weighted by atomic mass is 32.2. The standard InChI is InChI=1S/C27H32N2O4S/c1-15-14-29-10-12-34-28-23-16(2)21(25(26(30)31)33-27(3,4)5)22(20(15)24(23)29)18-8-9-19-17(13-18)7-6-11-32-19/h8-9,13-14,25,28H,6-7,10-12H2,1-5H3,(H,30,31). The average Bonchev–Trinajstić information content (AvgIpc) is 2.96. The number of rotatable bonds is 4. The second kappa shape index (κ2) is 8.54. The molecule has 7 heteroatoms. The van der Waals surface area contributed by atoms with Crippen molar-refractivity contribution in [1.82, 2.24) is 4.57 Å². The molecule has 180 valence electrons. The topological polar surface area (TPSA) is 72.7 Å². The number of benzene rings is 2. The number of carbonyl (C=O) groups is 1. The molecular formula is C27H32N2O4S. The van der Waals surface area contributed by atoms with E-state index in [2.05, 4.69) is 34.5 Å². The summed E-state index contributed by atoms with van der Waals surface area (Å²) in [7, 11) is 0. The molecule has 0 amide bonds. The number of hydrogen-bond acceptors (Lipinski definition) is 5. The lowest BCUT2D eigenvalue weighted by Gasteiger charge is -2.29. The van der Waals surface area contributed by atoms with E-state index in [1.807, 2.05) is 33.8 Å². The Hall–Kier alpha value is -2.64. The molecule has 2 aliphatic rings. The van der Waals surface area contributed by atoms with Gasteiger partial charge in [-0.1, -0.05) is 18.0 Å². The molecule has 0 fully saturated rings. The summed E-state index contributed by atoms with van der Waals surface area (Å²) >= 11 is 1.66. The van der Waals surface area contributed by atoms with E-state index in [1.54, 1.807) is 11.9 Å². The van der Waals surface area contributed by atoms with E-state index >= 15 is 0 Å². The van der Waals surface area contributed by atoms with Crippen LogP contribution in [-0.4, -0.2) is 33.6 Å². The maximum atomic E-state index is 12.7. The van der Waals surface area contributed by atoms with Gasteiger partial charge in [0.2, 0.25) is 0 Å². The fourth-order valence-electron chi connectivity index (χ4n) is 5.21. The molecular weight excluding hydrogens is 448 g/mol. The zero-order valence-electron chi connectivity index (χ0n) is 20.4. The van der Waals surface area contributed by atoms with Crippen LogP contribution in [0.2, 0.25) is 0 Å². The molecule has 2 N–H and O–H groups in total. The van der Waals surface area contributed by atoms with Crippen molar-refractivity contribution in [3.05, 3.63) is 46.6 Å². The first-order chi connectivity index (χ1) is 16.2. The van der Waals surface area contributed by atoms with Crippen LogP contribution in [0.4, 0.5) is 5.69 Å². The highest BCUT2D eigenvalue weighted by molar-refractivity contribution is 8.00. The number of aliphatic carboxylic acids is 1. The number of nitrogens with one attached hydrogen (secondary N) is 1. The smallest absolute Gasteiger partial charge is 0.337 e. The van der Waals surface area contributed by atoms with Crippen molar-refractivity contribution in [2.24, 2.45) is 0 Å². The Labute approximate surface area is 204 Å². The molecule has 1 unspecified atom stereocenters. The average molecular weight is 481 g/mol. The Morgan fingerprint density at radius 2 is 2.09 bits per heavy atom. The Morgan fingerprint density at radius 1 is 1.29 bits per heavy atom. The minimum absolute atomic E-state index is 0.622. The Kier molecular flexibility index (Phi) is 5.81. The van der Waals surface area contributed by atoms with E-state index in [0.717, 1.165) is 81.9 Å². The summed E-state index contributed by atoms with van der Waals surface area (Å²) in [6.07, 6.45) is 3.03. The lowest BCUT2D eigenvalue weighted by atomic mass is 9.86. The third kappa shape index (κ3) is 3.95. The number of fused-ring (bicyclic) bond motifs is 1. The minimum atomic E-state index is -1.10. The molecule has 3 heterocycles. The molecule has 3 aromatic rings. The van der Waals surface area contributed by atoms with Gasteiger partial charge in [-0.15, -0.1) is 0 Å². The number of ether oxygens (including phenoxy) is 2. The molecule has 0 spiro atoms. The summed E-state index contributed by atoms with van der Waals surface area (Å²) < 4.78 is 17.9. The molecule has 0 saturated carbocycles. The van der Waals surface area contributed by atoms with Crippen LogP contribution < -0.4 is 9.46 Å². The predicted molar refractivity (Wildman–Crippen MR) is 138 cm³/mol. The highest BCUT2D eigenvalue weighted by Gasteiger charge is 2.34. The molecule has 6 nitrogen and oxygen atoms in total. The van der Waals surface area contributed by atoms with Crippen LogP contribution >= 0.6 is 11.9 Å². The van der Waals surface area contributed by atoms with Crippen molar-refractivity contribution in [1.29, 1.82) is 0 Å². The van der Waals surface area contributed by atoms with Gasteiger partial charge in [-0.05, 0) is 87.4 Å². The second-order valence-electron chi connectivity index (χ2n) is 10.2. The summed E-state index contributed by atoms with van der Waals surface area (Å²) in [5.41, 5.74) is 7.39. The Morgan fingerprint density at radius 3 is 2.82 bits per heavy atom. The van der Waals surface area contributed by atoms with Crippen molar-refractivity contribution in [3.8, 4) is 16.9 Å². The van der Waals surface area contributed by atoms with E-state index in [0.29, 0.717) is 0 Å². The molecule has 2 aromatic carbocycles. The number of carboxylic acids is 1. The van der Waals surface area contributed by atoms with Gasteiger partial charge < -0.3 is 23.9 Å². The van der Waals surface area contributed by atoms with Crippen LogP contribution in [0.15, 0.2) is 24.4 Å². The monoisotopic (exact) mass is 480 g/mol. The van der Waals surface area contributed by atoms with E-state index in [1.165, 1.54) is 5.56 Å². The quantitative estimate of drug-likeness (QED) is 0.429. The van der Waals surface area contributed by atoms with Crippen LogP contribution in [0, 0.1) is 13.8 Å². The summed E-state index contributed by atoms with van der Waals surface area (Å²) in [6.45, 7) is 11.5. The van der Waals surface area contributed by atoms with Gasteiger partial charge in [0, 0.05) is 29.4 Å². The van der Waals surface area contributed by atoms with Crippen LogP contribution in [0.3, 0.4) is 0 Å². The highest BCUT2D eigenvalue weighted by Crippen LogP contribution is 2.48. The third-order valence-electron chi connectivity index (χ3n) is 6.57. The van der Waals surface area contributed by atoms with Gasteiger partial charge in [0.1, 0.15) is 5.75 Å².